The molecule has 29 heavy (non-hydrogen) atoms. The Hall–Kier alpha value is -2.80. The summed E-state index contributed by atoms with van der Waals surface area (Å²) in [5, 5.41) is 2.66. The van der Waals surface area contributed by atoms with E-state index in [2.05, 4.69) is 24.1 Å². The highest BCUT2D eigenvalue weighted by molar-refractivity contribution is 5.86. The Morgan fingerprint density at radius 2 is 2.03 bits per heavy atom. The molecule has 1 aliphatic heterocycles. The SMILES string of the molecule is CC(C)C[C@H](N)COc1ccc2c(c1)OCc1cnc(NC(=O)OC(C)C)cc1-2. The fourth-order valence-corrected chi connectivity index (χ4v) is 3.23. The average Bonchev–Trinajstić information content (AvgIpc) is 2.64. The smallest absolute Gasteiger partial charge is 0.413 e. The quantitative estimate of drug-likeness (QED) is 0.719. The zero-order chi connectivity index (χ0) is 21.0. The van der Waals surface area contributed by atoms with Crippen molar-refractivity contribution in [2.24, 2.45) is 11.7 Å². The molecule has 156 valence electrons. The van der Waals surface area contributed by atoms with E-state index in [1.54, 1.807) is 20.0 Å². The molecular weight excluding hydrogens is 370 g/mol. The van der Waals surface area contributed by atoms with E-state index in [9.17, 15) is 4.79 Å². The molecule has 2 heterocycles. The van der Waals surface area contributed by atoms with Crippen LogP contribution in [0.2, 0.25) is 0 Å². The maximum absolute atomic E-state index is 11.9. The topological polar surface area (TPSA) is 95.7 Å². The van der Waals surface area contributed by atoms with Gasteiger partial charge in [-0.2, -0.15) is 0 Å². The molecule has 0 unspecified atom stereocenters. The number of nitrogens with zero attached hydrogens (tertiary/aromatic N) is 1. The van der Waals surface area contributed by atoms with Crippen LogP contribution in [-0.4, -0.2) is 29.8 Å². The molecule has 0 saturated carbocycles. The Morgan fingerprint density at radius 3 is 2.76 bits per heavy atom. The van der Waals surface area contributed by atoms with Gasteiger partial charge in [-0.1, -0.05) is 13.8 Å². The molecular formula is C22H29N3O4. The summed E-state index contributed by atoms with van der Waals surface area (Å²) >= 11 is 0. The summed E-state index contributed by atoms with van der Waals surface area (Å²) in [7, 11) is 0. The summed E-state index contributed by atoms with van der Waals surface area (Å²) in [6.45, 7) is 8.74. The summed E-state index contributed by atoms with van der Waals surface area (Å²) in [6, 6.07) is 7.56. The van der Waals surface area contributed by atoms with Gasteiger partial charge < -0.3 is 19.9 Å². The molecule has 0 spiro atoms. The van der Waals surface area contributed by atoms with E-state index in [1.807, 2.05) is 24.3 Å². The molecule has 1 aromatic heterocycles. The van der Waals surface area contributed by atoms with E-state index in [-0.39, 0.29) is 12.1 Å². The van der Waals surface area contributed by atoms with Crippen LogP contribution in [0.4, 0.5) is 10.6 Å². The Balaban J connectivity index is 1.74. The normalized spacial score (nSPS) is 13.3. The number of rotatable bonds is 7. The number of ether oxygens (including phenoxy) is 3. The van der Waals surface area contributed by atoms with Crippen molar-refractivity contribution in [3.05, 3.63) is 36.0 Å². The van der Waals surface area contributed by atoms with Gasteiger partial charge in [0.05, 0.1) is 6.10 Å². The van der Waals surface area contributed by atoms with Crippen molar-refractivity contribution >= 4 is 11.9 Å². The zero-order valence-corrected chi connectivity index (χ0v) is 17.4. The number of hydrogen-bond donors (Lipinski definition) is 2. The second-order valence-electron chi connectivity index (χ2n) is 7.95. The van der Waals surface area contributed by atoms with Gasteiger partial charge >= 0.3 is 6.09 Å². The van der Waals surface area contributed by atoms with Gasteiger partial charge in [0, 0.05) is 29.4 Å². The van der Waals surface area contributed by atoms with E-state index in [0.717, 1.165) is 34.6 Å². The minimum Gasteiger partial charge on any atom is -0.492 e. The van der Waals surface area contributed by atoms with E-state index in [1.165, 1.54) is 0 Å². The van der Waals surface area contributed by atoms with Crippen LogP contribution >= 0.6 is 0 Å². The van der Waals surface area contributed by atoms with Gasteiger partial charge in [0.1, 0.15) is 30.5 Å². The number of anilines is 1. The van der Waals surface area contributed by atoms with Crippen molar-refractivity contribution in [1.29, 1.82) is 0 Å². The highest BCUT2D eigenvalue weighted by Crippen LogP contribution is 2.40. The van der Waals surface area contributed by atoms with E-state index >= 15 is 0 Å². The molecule has 1 aliphatic rings. The number of carbonyl (C=O) groups is 1. The molecule has 2 aromatic rings. The van der Waals surface area contributed by atoms with Gasteiger partial charge in [-0.15, -0.1) is 0 Å². The summed E-state index contributed by atoms with van der Waals surface area (Å²) in [5.74, 6) is 2.42. The van der Waals surface area contributed by atoms with Gasteiger partial charge in [0.25, 0.3) is 0 Å². The third-order valence-corrected chi connectivity index (χ3v) is 4.42. The summed E-state index contributed by atoms with van der Waals surface area (Å²) in [5.41, 5.74) is 8.94. The summed E-state index contributed by atoms with van der Waals surface area (Å²) < 4.78 is 16.8. The molecule has 3 rings (SSSR count). The van der Waals surface area contributed by atoms with Crippen molar-refractivity contribution in [2.75, 3.05) is 11.9 Å². The van der Waals surface area contributed by atoms with Gasteiger partial charge in [-0.3, -0.25) is 5.32 Å². The maximum Gasteiger partial charge on any atom is 0.413 e. The number of nitrogens with one attached hydrogen (secondary N) is 1. The number of amides is 1. The third-order valence-electron chi connectivity index (χ3n) is 4.42. The van der Waals surface area contributed by atoms with E-state index in [4.69, 9.17) is 19.9 Å². The van der Waals surface area contributed by atoms with Crippen LogP contribution in [0.3, 0.4) is 0 Å². The highest BCUT2D eigenvalue weighted by Gasteiger charge is 2.20. The lowest BCUT2D eigenvalue weighted by Gasteiger charge is -2.22. The summed E-state index contributed by atoms with van der Waals surface area (Å²) in [4.78, 5) is 16.1. The Labute approximate surface area is 171 Å². The van der Waals surface area contributed by atoms with Crippen LogP contribution in [0, 0.1) is 5.92 Å². The molecule has 1 aromatic carbocycles. The van der Waals surface area contributed by atoms with Crippen molar-refractivity contribution < 1.29 is 19.0 Å². The average molecular weight is 399 g/mol. The molecule has 0 saturated heterocycles. The number of aromatic nitrogens is 1. The lowest BCUT2D eigenvalue weighted by atomic mass is 9.98. The number of benzene rings is 1. The van der Waals surface area contributed by atoms with Crippen molar-refractivity contribution in [1.82, 2.24) is 4.98 Å². The Kier molecular flexibility index (Phi) is 6.59. The minimum atomic E-state index is -0.527. The molecule has 1 atom stereocenters. The van der Waals surface area contributed by atoms with Crippen molar-refractivity contribution in [2.45, 2.75) is 52.9 Å². The fourth-order valence-electron chi connectivity index (χ4n) is 3.23. The molecule has 0 radical (unpaired) electrons. The molecule has 0 fully saturated rings. The first-order valence-corrected chi connectivity index (χ1v) is 9.94. The first kappa shape index (κ1) is 20.9. The zero-order valence-electron chi connectivity index (χ0n) is 17.4. The van der Waals surface area contributed by atoms with Crippen LogP contribution in [0.5, 0.6) is 11.5 Å². The molecule has 0 bridgehead atoms. The molecule has 1 amide bonds. The molecule has 0 aliphatic carbocycles. The number of hydrogen-bond acceptors (Lipinski definition) is 6. The second kappa shape index (κ2) is 9.13. The molecule has 3 N–H and O–H groups in total. The first-order valence-electron chi connectivity index (χ1n) is 9.94. The first-order chi connectivity index (χ1) is 13.8. The van der Waals surface area contributed by atoms with E-state index in [0.29, 0.717) is 24.9 Å². The van der Waals surface area contributed by atoms with Crippen LogP contribution in [0.1, 0.15) is 39.7 Å². The number of fused-ring (bicyclic) bond motifs is 3. The van der Waals surface area contributed by atoms with Crippen LogP contribution in [0.15, 0.2) is 30.5 Å². The molecule has 7 heteroatoms. The predicted molar refractivity (Wildman–Crippen MR) is 112 cm³/mol. The van der Waals surface area contributed by atoms with Crippen molar-refractivity contribution in [3.8, 4) is 22.6 Å². The second-order valence-corrected chi connectivity index (χ2v) is 7.95. The van der Waals surface area contributed by atoms with E-state index < -0.39 is 6.09 Å². The lowest BCUT2D eigenvalue weighted by Crippen LogP contribution is -2.29. The standard InChI is InChI=1S/C22H29N3O4/c1-13(2)7-16(23)12-27-17-5-6-18-19-9-21(25-22(26)29-14(3)4)24-10-15(19)11-28-20(18)8-17/h5-6,8-10,13-14,16H,7,11-12,23H2,1-4H3,(H,24,25,26)/t16-/m0/s1. The lowest BCUT2D eigenvalue weighted by molar-refractivity contribution is 0.130. The highest BCUT2D eigenvalue weighted by atomic mass is 16.6. The van der Waals surface area contributed by atoms with Gasteiger partial charge in [-0.25, -0.2) is 9.78 Å². The largest absolute Gasteiger partial charge is 0.492 e. The maximum atomic E-state index is 11.9. The van der Waals surface area contributed by atoms with Gasteiger partial charge in [0.15, 0.2) is 0 Å². The molecule has 7 nitrogen and oxygen atoms in total. The predicted octanol–water partition coefficient (Wildman–Crippen LogP) is 4.35. The third kappa shape index (κ3) is 5.60. The van der Waals surface area contributed by atoms with Crippen LogP contribution < -0.4 is 20.5 Å². The van der Waals surface area contributed by atoms with Crippen molar-refractivity contribution in [3.63, 3.8) is 0 Å². The Morgan fingerprint density at radius 1 is 1.24 bits per heavy atom. The van der Waals surface area contributed by atoms with Gasteiger partial charge in [0.2, 0.25) is 0 Å². The van der Waals surface area contributed by atoms with Gasteiger partial charge in [-0.05, 0) is 49.9 Å². The monoisotopic (exact) mass is 399 g/mol. The number of nitrogens with two attached hydrogens (primary N) is 1. The summed E-state index contributed by atoms with van der Waals surface area (Å²) in [6.07, 6.45) is 1.89. The minimum absolute atomic E-state index is 0.00187. The Bertz CT molecular complexity index is 867. The number of carbonyl (C=O) groups excluding carboxylic acids is 1. The van der Waals surface area contributed by atoms with Crippen LogP contribution in [0.25, 0.3) is 11.1 Å². The van der Waals surface area contributed by atoms with Crippen LogP contribution in [-0.2, 0) is 11.3 Å². The fraction of sp³-hybridized carbons (Fsp3) is 0.455. The number of pyridine rings is 1.